The molecule has 1 aliphatic rings. The van der Waals surface area contributed by atoms with Gasteiger partial charge in [0, 0.05) is 19.4 Å². The molecule has 1 saturated heterocycles. The molecule has 7 heteroatoms. The van der Waals surface area contributed by atoms with Crippen molar-refractivity contribution >= 4 is 23.5 Å². The number of esters is 1. The van der Waals surface area contributed by atoms with Crippen LogP contribution in [0.15, 0.2) is 54.6 Å². The second kappa shape index (κ2) is 9.23. The second-order valence-electron chi connectivity index (χ2n) is 6.85. The summed E-state index contributed by atoms with van der Waals surface area (Å²) in [4.78, 5) is 39.1. The van der Waals surface area contributed by atoms with Crippen molar-refractivity contribution in [2.45, 2.75) is 18.9 Å². The lowest BCUT2D eigenvalue weighted by molar-refractivity contribution is -0.145. The van der Waals surface area contributed by atoms with Crippen LogP contribution in [0, 0.1) is 5.92 Å². The van der Waals surface area contributed by atoms with Gasteiger partial charge in [0.2, 0.25) is 11.8 Å². The third-order valence-electron chi connectivity index (χ3n) is 4.96. The topological polar surface area (TPSA) is 84.9 Å². The molecule has 1 N–H and O–H groups in total. The van der Waals surface area contributed by atoms with Gasteiger partial charge in [-0.15, -0.1) is 0 Å². The summed E-state index contributed by atoms with van der Waals surface area (Å²) in [5.41, 5.74) is 1.53. The van der Waals surface area contributed by atoms with Crippen LogP contribution in [0.5, 0.6) is 5.75 Å². The number of rotatable bonds is 7. The molecule has 0 aromatic heterocycles. The first-order chi connectivity index (χ1) is 14.0. The first kappa shape index (κ1) is 20.4. The Labute approximate surface area is 169 Å². The van der Waals surface area contributed by atoms with E-state index >= 15 is 0 Å². The highest BCUT2D eigenvalue weighted by Crippen LogP contribution is 2.32. The number of ether oxygens (including phenoxy) is 2. The number of amides is 2. The summed E-state index contributed by atoms with van der Waals surface area (Å²) < 4.78 is 10.2. The van der Waals surface area contributed by atoms with Gasteiger partial charge in [-0.25, -0.2) is 4.79 Å². The second-order valence-corrected chi connectivity index (χ2v) is 6.85. The molecule has 29 heavy (non-hydrogen) atoms. The van der Waals surface area contributed by atoms with Crippen LogP contribution in [-0.4, -0.2) is 44.6 Å². The van der Waals surface area contributed by atoms with E-state index in [2.05, 4.69) is 5.32 Å². The molecule has 0 bridgehead atoms. The van der Waals surface area contributed by atoms with Crippen molar-refractivity contribution in [2.24, 2.45) is 5.92 Å². The van der Waals surface area contributed by atoms with Gasteiger partial charge in [-0.1, -0.05) is 42.5 Å². The molecule has 3 rings (SSSR count). The highest BCUT2D eigenvalue weighted by molar-refractivity contribution is 6.01. The number of para-hydroxylation sites is 2. The van der Waals surface area contributed by atoms with Gasteiger partial charge in [-0.3, -0.25) is 9.59 Å². The number of nitrogens with zero attached hydrogens (tertiary/aromatic N) is 1. The first-order valence-electron chi connectivity index (χ1n) is 9.39. The molecular weight excluding hydrogens is 372 g/mol. The Morgan fingerprint density at radius 3 is 2.48 bits per heavy atom. The van der Waals surface area contributed by atoms with Gasteiger partial charge in [-0.2, -0.15) is 0 Å². The minimum atomic E-state index is -0.815. The molecule has 7 nitrogen and oxygen atoms in total. The predicted molar refractivity (Wildman–Crippen MR) is 108 cm³/mol. The zero-order valence-electron chi connectivity index (χ0n) is 16.5. The van der Waals surface area contributed by atoms with Gasteiger partial charge >= 0.3 is 5.97 Å². The molecule has 152 valence electrons. The maximum Gasteiger partial charge on any atom is 0.328 e. The van der Waals surface area contributed by atoms with E-state index in [9.17, 15) is 14.4 Å². The molecule has 1 fully saturated rings. The third kappa shape index (κ3) is 4.74. The molecule has 2 aromatic carbocycles. The minimum Gasteiger partial charge on any atom is -0.495 e. The van der Waals surface area contributed by atoms with Crippen molar-refractivity contribution in [3.05, 3.63) is 60.2 Å². The summed E-state index contributed by atoms with van der Waals surface area (Å²) in [5, 5.41) is 2.76. The van der Waals surface area contributed by atoms with Crippen molar-refractivity contribution in [1.82, 2.24) is 5.32 Å². The number of nitrogens with one attached hydrogen (secondary N) is 1. The summed E-state index contributed by atoms with van der Waals surface area (Å²) in [6.45, 7) is 0.226. The Balaban J connectivity index is 1.70. The lowest BCUT2D eigenvalue weighted by atomic mass is 10.0. The van der Waals surface area contributed by atoms with Gasteiger partial charge in [0.1, 0.15) is 11.8 Å². The maximum absolute atomic E-state index is 12.8. The molecule has 0 spiro atoms. The van der Waals surface area contributed by atoms with Crippen LogP contribution in [-0.2, 0) is 25.5 Å². The summed E-state index contributed by atoms with van der Waals surface area (Å²) in [6.07, 6.45) is 0.388. The number of methoxy groups -OCH3 is 2. The molecule has 2 amide bonds. The molecule has 1 aliphatic heterocycles. The fourth-order valence-electron chi connectivity index (χ4n) is 3.44. The Morgan fingerprint density at radius 2 is 1.79 bits per heavy atom. The third-order valence-corrected chi connectivity index (χ3v) is 4.96. The van der Waals surface area contributed by atoms with Crippen LogP contribution in [0.3, 0.4) is 0 Å². The van der Waals surface area contributed by atoms with E-state index in [0.29, 0.717) is 17.9 Å². The average molecular weight is 396 g/mol. The van der Waals surface area contributed by atoms with E-state index in [1.807, 2.05) is 42.5 Å². The molecule has 2 atom stereocenters. The molecule has 0 aliphatic carbocycles. The number of anilines is 1. The number of hydrogen-bond acceptors (Lipinski definition) is 5. The zero-order valence-corrected chi connectivity index (χ0v) is 16.5. The predicted octanol–water partition coefficient (Wildman–Crippen LogP) is 1.95. The van der Waals surface area contributed by atoms with Gasteiger partial charge in [0.15, 0.2) is 0 Å². The Morgan fingerprint density at radius 1 is 1.10 bits per heavy atom. The van der Waals surface area contributed by atoms with Crippen LogP contribution in [0.1, 0.15) is 12.0 Å². The molecule has 0 radical (unpaired) electrons. The quantitative estimate of drug-likeness (QED) is 0.723. The lowest BCUT2D eigenvalue weighted by Crippen LogP contribution is -2.46. The van der Waals surface area contributed by atoms with Crippen LogP contribution in [0.4, 0.5) is 5.69 Å². The summed E-state index contributed by atoms with van der Waals surface area (Å²) in [7, 11) is 2.82. The van der Waals surface area contributed by atoms with Crippen LogP contribution in [0.25, 0.3) is 0 Å². The summed E-state index contributed by atoms with van der Waals surface area (Å²) in [6, 6.07) is 15.7. The number of carbonyl (C=O) groups is 3. The van der Waals surface area contributed by atoms with Crippen molar-refractivity contribution in [2.75, 3.05) is 25.7 Å². The summed E-state index contributed by atoms with van der Waals surface area (Å²) in [5.74, 6) is -1.02. The van der Waals surface area contributed by atoms with Gasteiger partial charge in [0.05, 0.1) is 25.8 Å². The van der Waals surface area contributed by atoms with E-state index in [1.165, 1.54) is 14.2 Å². The molecule has 1 heterocycles. The highest BCUT2D eigenvalue weighted by atomic mass is 16.5. The molecular formula is C22H24N2O5. The number of hydrogen-bond donors (Lipinski definition) is 1. The Hall–Kier alpha value is -3.35. The Kier molecular flexibility index (Phi) is 6.49. The normalized spacial score (nSPS) is 17.0. The van der Waals surface area contributed by atoms with Gasteiger partial charge < -0.3 is 19.7 Å². The van der Waals surface area contributed by atoms with Crippen LogP contribution < -0.4 is 15.0 Å². The van der Waals surface area contributed by atoms with E-state index in [0.717, 1.165) is 5.56 Å². The fraction of sp³-hybridized carbons (Fsp3) is 0.318. The minimum absolute atomic E-state index is 0.0725. The standard InChI is InChI=1S/C22H24N2O5/c1-28-19-11-7-6-10-18(19)24-14-16(13-20(24)25)21(26)23-17(22(27)29-2)12-15-8-4-3-5-9-15/h3-11,16-17H,12-14H2,1-2H3,(H,23,26)/t16-,17+/m0/s1. The van der Waals surface area contributed by atoms with Crippen LogP contribution in [0.2, 0.25) is 0 Å². The average Bonchev–Trinajstić information content (AvgIpc) is 3.15. The van der Waals surface area contributed by atoms with Crippen molar-refractivity contribution in [1.29, 1.82) is 0 Å². The van der Waals surface area contributed by atoms with Crippen LogP contribution >= 0.6 is 0 Å². The van der Waals surface area contributed by atoms with Crippen molar-refractivity contribution < 1.29 is 23.9 Å². The van der Waals surface area contributed by atoms with E-state index in [4.69, 9.17) is 9.47 Å². The van der Waals surface area contributed by atoms with Gasteiger partial charge in [0.25, 0.3) is 0 Å². The number of carbonyl (C=O) groups excluding carboxylic acids is 3. The molecule has 2 aromatic rings. The maximum atomic E-state index is 12.8. The number of benzene rings is 2. The van der Waals surface area contributed by atoms with E-state index in [-0.39, 0.29) is 24.8 Å². The molecule has 0 saturated carbocycles. The van der Waals surface area contributed by atoms with Crippen molar-refractivity contribution in [3.63, 3.8) is 0 Å². The molecule has 0 unspecified atom stereocenters. The Bertz CT molecular complexity index is 884. The smallest absolute Gasteiger partial charge is 0.328 e. The van der Waals surface area contributed by atoms with Gasteiger partial charge in [-0.05, 0) is 17.7 Å². The first-order valence-corrected chi connectivity index (χ1v) is 9.39. The zero-order chi connectivity index (χ0) is 20.8. The fourth-order valence-corrected chi connectivity index (χ4v) is 3.44. The lowest BCUT2D eigenvalue weighted by Gasteiger charge is -2.21. The highest BCUT2D eigenvalue weighted by Gasteiger charge is 2.37. The van der Waals surface area contributed by atoms with E-state index < -0.39 is 17.9 Å². The monoisotopic (exact) mass is 396 g/mol. The summed E-state index contributed by atoms with van der Waals surface area (Å²) >= 11 is 0. The van der Waals surface area contributed by atoms with Crippen molar-refractivity contribution in [3.8, 4) is 5.75 Å². The largest absolute Gasteiger partial charge is 0.495 e. The van der Waals surface area contributed by atoms with E-state index in [1.54, 1.807) is 17.0 Å². The SMILES string of the molecule is COC(=O)[C@@H](Cc1ccccc1)NC(=O)[C@H]1CC(=O)N(c2ccccc2OC)C1.